The van der Waals surface area contributed by atoms with Crippen LogP contribution in [0, 0.1) is 0 Å². The Morgan fingerprint density at radius 2 is 1.79 bits per heavy atom. The summed E-state index contributed by atoms with van der Waals surface area (Å²) in [6.45, 7) is 1.42. The first-order valence-corrected chi connectivity index (χ1v) is 9.32. The number of aromatic hydroxyl groups is 1. The molecule has 7 heteroatoms. The Kier molecular flexibility index (Phi) is 5.96. The maximum Gasteiger partial charge on any atom is 0.294 e. The highest BCUT2D eigenvalue weighted by atomic mass is 32.2. The molecule has 3 amide bonds. The third-order valence-corrected chi connectivity index (χ3v) is 4.81. The normalized spacial score (nSPS) is 16.0. The molecular formula is C21H18N2O4S. The van der Waals surface area contributed by atoms with Crippen LogP contribution in [0.15, 0.2) is 71.2 Å². The number of para-hydroxylation sites is 2. The third-order valence-electron chi connectivity index (χ3n) is 3.91. The van der Waals surface area contributed by atoms with E-state index in [9.17, 15) is 19.5 Å². The van der Waals surface area contributed by atoms with Crippen LogP contribution in [-0.2, 0) is 9.59 Å². The zero-order valence-corrected chi connectivity index (χ0v) is 15.9. The van der Waals surface area contributed by atoms with Crippen molar-refractivity contribution in [1.82, 2.24) is 4.90 Å². The number of hydrogen-bond donors (Lipinski definition) is 2. The fourth-order valence-electron chi connectivity index (χ4n) is 2.61. The predicted molar refractivity (Wildman–Crippen MR) is 110 cm³/mol. The van der Waals surface area contributed by atoms with Gasteiger partial charge in [-0.2, -0.15) is 0 Å². The smallest absolute Gasteiger partial charge is 0.294 e. The topological polar surface area (TPSA) is 86.7 Å². The van der Waals surface area contributed by atoms with Gasteiger partial charge in [0.2, 0.25) is 5.91 Å². The second-order valence-corrected chi connectivity index (χ2v) is 7.13. The lowest BCUT2D eigenvalue weighted by Crippen LogP contribution is -2.36. The van der Waals surface area contributed by atoms with E-state index >= 15 is 0 Å². The number of phenols is 1. The van der Waals surface area contributed by atoms with Crippen LogP contribution >= 0.6 is 11.8 Å². The molecule has 0 aromatic heterocycles. The highest BCUT2D eigenvalue weighted by Crippen LogP contribution is 2.31. The quantitative estimate of drug-likeness (QED) is 0.591. The zero-order chi connectivity index (χ0) is 20.1. The number of nitrogens with one attached hydrogen (secondary N) is 1. The van der Waals surface area contributed by atoms with Gasteiger partial charge in [-0.05, 0) is 48.0 Å². The minimum Gasteiger partial charge on any atom is -0.506 e. The molecule has 1 saturated heterocycles. The van der Waals surface area contributed by atoms with Crippen molar-refractivity contribution in [3.63, 3.8) is 0 Å². The first kappa shape index (κ1) is 19.4. The summed E-state index contributed by atoms with van der Waals surface area (Å²) in [4.78, 5) is 38.0. The lowest BCUT2D eigenvalue weighted by Gasteiger charge is -2.13. The molecule has 0 radical (unpaired) electrons. The molecule has 0 unspecified atom stereocenters. The molecular weight excluding hydrogens is 376 g/mol. The van der Waals surface area contributed by atoms with E-state index in [2.05, 4.69) is 5.32 Å². The van der Waals surface area contributed by atoms with E-state index in [1.807, 2.05) is 43.3 Å². The van der Waals surface area contributed by atoms with E-state index in [1.165, 1.54) is 12.1 Å². The van der Waals surface area contributed by atoms with Crippen LogP contribution in [0.4, 0.5) is 10.5 Å². The number of benzene rings is 2. The molecule has 2 aromatic carbocycles. The van der Waals surface area contributed by atoms with Gasteiger partial charge >= 0.3 is 0 Å². The molecule has 3 rings (SSSR count). The molecule has 2 N–H and O–H groups in total. The number of amides is 3. The van der Waals surface area contributed by atoms with Crippen LogP contribution < -0.4 is 5.32 Å². The summed E-state index contributed by atoms with van der Waals surface area (Å²) in [5.41, 5.74) is 2.02. The molecule has 142 valence electrons. The van der Waals surface area contributed by atoms with E-state index in [0.29, 0.717) is 0 Å². The van der Waals surface area contributed by atoms with Gasteiger partial charge in [-0.1, -0.05) is 48.5 Å². The molecule has 0 aliphatic carbocycles. The summed E-state index contributed by atoms with van der Waals surface area (Å²) in [6, 6.07) is 15.8. The van der Waals surface area contributed by atoms with Gasteiger partial charge in [-0.3, -0.25) is 19.3 Å². The number of allylic oxidation sites excluding steroid dienone is 2. The average molecular weight is 394 g/mol. The Hall–Kier alpha value is -3.32. The number of rotatable bonds is 5. The maximum atomic E-state index is 12.5. The summed E-state index contributed by atoms with van der Waals surface area (Å²) in [6.07, 6.45) is 3.54. The molecule has 6 nitrogen and oxygen atoms in total. The first-order chi connectivity index (χ1) is 13.4. The minimum absolute atomic E-state index is 0.0911. The SMILES string of the molecule is CC(=Cc1ccccc1)/C=C1\SC(=O)N(CC(=O)Nc2ccccc2O)C1=O. The second-order valence-electron chi connectivity index (χ2n) is 6.13. The molecule has 1 aliphatic rings. The van der Waals surface area contributed by atoms with E-state index in [-0.39, 0.29) is 16.3 Å². The van der Waals surface area contributed by atoms with Crippen molar-refractivity contribution in [2.45, 2.75) is 6.92 Å². The van der Waals surface area contributed by atoms with Gasteiger partial charge in [0.1, 0.15) is 12.3 Å². The molecule has 0 saturated carbocycles. The molecule has 0 atom stereocenters. The number of carbonyl (C=O) groups excluding carboxylic acids is 3. The van der Waals surface area contributed by atoms with E-state index < -0.39 is 23.6 Å². The van der Waals surface area contributed by atoms with Crippen LogP contribution in [0.25, 0.3) is 6.08 Å². The molecule has 0 spiro atoms. The minimum atomic E-state index is -0.568. The number of phenolic OH excluding ortho intramolecular Hbond substituents is 1. The third kappa shape index (κ3) is 4.69. The summed E-state index contributed by atoms with van der Waals surface area (Å²) in [5.74, 6) is -1.17. The lowest BCUT2D eigenvalue weighted by molar-refractivity contribution is -0.127. The number of carbonyl (C=O) groups is 3. The zero-order valence-electron chi connectivity index (χ0n) is 15.1. The van der Waals surface area contributed by atoms with Crippen LogP contribution in [0.2, 0.25) is 0 Å². The Bertz CT molecular complexity index is 983. The van der Waals surface area contributed by atoms with Crippen LogP contribution in [0.1, 0.15) is 12.5 Å². The molecule has 1 fully saturated rings. The van der Waals surface area contributed by atoms with Gasteiger partial charge in [0.05, 0.1) is 10.6 Å². The average Bonchev–Trinajstić information content (AvgIpc) is 2.91. The summed E-state index contributed by atoms with van der Waals surface area (Å²) in [7, 11) is 0. The number of nitrogens with zero attached hydrogens (tertiary/aromatic N) is 1. The van der Waals surface area contributed by atoms with E-state index in [1.54, 1.807) is 18.2 Å². The largest absolute Gasteiger partial charge is 0.506 e. The highest BCUT2D eigenvalue weighted by molar-refractivity contribution is 8.18. The fraction of sp³-hybridized carbons (Fsp3) is 0.0952. The number of anilines is 1. The monoisotopic (exact) mass is 394 g/mol. The van der Waals surface area contributed by atoms with Gasteiger partial charge in [-0.25, -0.2) is 0 Å². The Morgan fingerprint density at radius 3 is 2.50 bits per heavy atom. The van der Waals surface area contributed by atoms with Crippen molar-refractivity contribution >= 4 is 40.6 Å². The van der Waals surface area contributed by atoms with Crippen LogP contribution in [-0.4, -0.2) is 33.6 Å². The molecule has 2 aromatic rings. The predicted octanol–water partition coefficient (Wildman–Crippen LogP) is 4.01. The molecule has 1 heterocycles. The van der Waals surface area contributed by atoms with Gasteiger partial charge < -0.3 is 10.4 Å². The van der Waals surface area contributed by atoms with Crippen molar-refractivity contribution in [1.29, 1.82) is 0 Å². The lowest BCUT2D eigenvalue weighted by atomic mass is 10.1. The van der Waals surface area contributed by atoms with Crippen molar-refractivity contribution in [2.75, 3.05) is 11.9 Å². The summed E-state index contributed by atoms with van der Waals surface area (Å²) in [5, 5.41) is 11.7. The Morgan fingerprint density at radius 1 is 1.11 bits per heavy atom. The van der Waals surface area contributed by atoms with E-state index in [4.69, 9.17) is 0 Å². The number of imide groups is 1. The second kappa shape index (κ2) is 8.58. The Labute approximate surface area is 166 Å². The van der Waals surface area contributed by atoms with Crippen molar-refractivity contribution in [3.05, 3.63) is 76.7 Å². The van der Waals surface area contributed by atoms with Crippen molar-refractivity contribution in [3.8, 4) is 5.75 Å². The maximum absolute atomic E-state index is 12.5. The summed E-state index contributed by atoms with van der Waals surface area (Å²) >= 11 is 0.800. The van der Waals surface area contributed by atoms with Crippen molar-refractivity contribution in [2.24, 2.45) is 0 Å². The van der Waals surface area contributed by atoms with Crippen LogP contribution in [0.3, 0.4) is 0 Å². The molecule has 1 aliphatic heterocycles. The highest BCUT2D eigenvalue weighted by Gasteiger charge is 2.36. The first-order valence-electron chi connectivity index (χ1n) is 8.50. The summed E-state index contributed by atoms with van der Waals surface area (Å²) < 4.78 is 0. The van der Waals surface area contributed by atoms with Crippen molar-refractivity contribution < 1.29 is 19.5 Å². The van der Waals surface area contributed by atoms with Gasteiger partial charge in [0, 0.05) is 0 Å². The van der Waals surface area contributed by atoms with Gasteiger partial charge in [0.25, 0.3) is 11.1 Å². The molecule has 28 heavy (non-hydrogen) atoms. The number of thioether (sulfide) groups is 1. The fourth-order valence-corrected chi connectivity index (χ4v) is 3.50. The van der Waals surface area contributed by atoms with Crippen LogP contribution in [0.5, 0.6) is 5.75 Å². The van der Waals surface area contributed by atoms with E-state index in [0.717, 1.165) is 27.8 Å². The number of hydrogen-bond acceptors (Lipinski definition) is 5. The molecule has 0 bridgehead atoms. The Balaban J connectivity index is 1.68. The van der Waals surface area contributed by atoms with Gasteiger partial charge in [-0.15, -0.1) is 0 Å². The van der Waals surface area contributed by atoms with Gasteiger partial charge in [0.15, 0.2) is 0 Å². The standard InChI is InChI=1S/C21H18N2O4S/c1-14(11-15-7-3-2-4-8-15)12-18-20(26)23(21(27)28-18)13-19(25)22-16-9-5-6-10-17(16)24/h2-12,24H,13H2,1H3,(H,22,25)/b14-11?,18-12-.